The Morgan fingerprint density at radius 3 is 2.43 bits per heavy atom. The van der Waals surface area contributed by atoms with Crippen LogP contribution in [0.2, 0.25) is 0 Å². The number of nitrogens with zero attached hydrogens (tertiary/aromatic N) is 1. The number of phenolic OH excluding ortho intramolecular Hbond substituents is 1. The van der Waals surface area contributed by atoms with E-state index in [2.05, 4.69) is 21.3 Å². The molecule has 0 unspecified atom stereocenters. The summed E-state index contributed by atoms with van der Waals surface area (Å²) < 4.78 is 0. The monoisotopic (exact) mass is 628 g/mol. The minimum atomic E-state index is -1.04. The van der Waals surface area contributed by atoms with Gasteiger partial charge < -0.3 is 37.0 Å². The quantitative estimate of drug-likeness (QED) is 0.232. The topological polar surface area (TPSA) is 183 Å². The van der Waals surface area contributed by atoms with Crippen LogP contribution in [0.15, 0.2) is 66.7 Å². The molecular formula is C34H40N6O6. The van der Waals surface area contributed by atoms with E-state index in [1.54, 1.807) is 12.1 Å². The van der Waals surface area contributed by atoms with Gasteiger partial charge in [0.1, 0.15) is 23.9 Å². The lowest BCUT2D eigenvalue weighted by Gasteiger charge is -2.30. The van der Waals surface area contributed by atoms with Crippen molar-refractivity contribution in [2.75, 3.05) is 19.6 Å². The first-order chi connectivity index (χ1) is 22.2. The fourth-order valence-electron chi connectivity index (χ4n) is 5.99. The molecule has 4 atom stereocenters. The molecule has 2 aliphatic heterocycles. The first-order valence-corrected chi connectivity index (χ1v) is 15.6. The van der Waals surface area contributed by atoms with Gasteiger partial charge in [-0.05, 0) is 66.1 Å². The molecule has 2 aliphatic rings. The molecule has 0 aliphatic carbocycles. The molecule has 242 valence electrons. The van der Waals surface area contributed by atoms with E-state index in [0.29, 0.717) is 25.8 Å². The van der Waals surface area contributed by atoms with Gasteiger partial charge in [0.05, 0.1) is 12.6 Å². The van der Waals surface area contributed by atoms with Gasteiger partial charge in [0.2, 0.25) is 29.5 Å². The van der Waals surface area contributed by atoms with Crippen LogP contribution < -0.4 is 27.0 Å². The second-order valence-electron chi connectivity index (χ2n) is 11.9. The number of fused-ring (bicyclic) bond motifs is 2. The van der Waals surface area contributed by atoms with Crippen LogP contribution in [-0.2, 0) is 36.8 Å². The van der Waals surface area contributed by atoms with Crippen LogP contribution in [0.1, 0.15) is 36.8 Å². The normalized spacial score (nSPS) is 22.1. The van der Waals surface area contributed by atoms with Gasteiger partial charge in [-0.2, -0.15) is 0 Å². The van der Waals surface area contributed by atoms with Crippen LogP contribution in [-0.4, -0.2) is 83.3 Å². The Balaban J connectivity index is 1.39. The number of benzene rings is 3. The predicted octanol–water partition coefficient (Wildman–Crippen LogP) is 0.645. The van der Waals surface area contributed by atoms with Crippen molar-refractivity contribution in [1.82, 2.24) is 26.2 Å². The van der Waals surface area contributed by atoms with E-state index < -0.39 is 53.7 Å². The third-order valence-corrected chi connectivity index (χ3v) is 8.48. The molecule has 5 rings (SSSR count). The molecule has 46 heavy (non-hydrogen) atoms. The molecule has 12 heteroatoms. The summed E-state index contributed by atoms with van der Waals surface area (Å²) in [5, 5.41) is 22.6. The van der Waals surface area contributed by atoms with Crippen LogP contribution >= 0.6 is 0 Å². The van der Waals surface area contributed by atoms with Crippen LogP contribution in [0, 0.1) is 0 Å². The van der Waals surface area contributed by atoms with E-state index in [0.717, 1.165) is 21.9 Å². The lowest BCUT2D eigenvalue weighted by atomic mass is 9.99. The lowest BCUT2D eigenvalue weighted by molar-refractivity contribution is -0.142. The fraction of sp³-hybridized carbons (Fsp3) is 0.382. The van der Waals surface area contributed by atoms with E-state index in [9.17, 15) is 29.1 Å². The molecule has 0 spiro atoms. The Bertz CT molecular complexity index is 1590. The van der Waals surface area contributed by atoms with Gasteiger partial charge in [0, 0.05) is 19.5 Å². The van der Waals surface area contributed by atoms with E-state index in [4.69, 9.17) is 5.73 Å². The third kappa shape index (κ3) is 8.19. The van der Waals surface area contributed by atoms with Crippen molar-refractivity contribution in [3.8, 4) is 5.75 Å². The molecule has 7 N–H and O–H groups in total. The Morgan fingerprint density at radius 2 is 1.65 bits per heavy atom. The second-order valence-corrected chi connectivity index (χ2v) is 11.9. The number of nitrogens with one attached hydrogen (secondary N) is 4. The molecule has 12 nitrogen and oxygen atoms in total. The summed E-state index contributed by atoms with van der Waals surface area (Å²) in [6, 6.07) is 16.2. The summed E-state index contributed by atoms with van der Waals surface area (Å²) in [5.74, 6) is -2.25. The number of hydrogen-bond donors (Lipinski definition) is 6. The van der Waals surface area contributed by atoms with Gasteiger partial charge in [-0.1, -0.05) is 54.6 Å². The Labute approximate surface area is 267 Å². The average Bonchev–Trinajstić information content (AvgIpc) is 3.55. The van der Waals surface area contributed by atoms with Gasteiger partial charge >= 0.3 is 0 Å². The largest absolute Gasteiger partial charge is 0.508 e. The van der Waals surface area contributed by atoms with Gasteiger partial charge in [-0.25, -0.2) is 0 Å². The highest BCUT2D eigenvalue weighted by molar-refractivity contribution is 5.96. The van der Waals surface area contributed by atoms with Crippen LogP contribution in [0.4, 0.5) is 0 Å². The molecule has 3 aromatic carbocycles. The maximum atomic E-state index is 14.1. The van der Waals surface area contributed by atoms with Gasteiger partial charge in [-0.15, -0.1) is 0 Å². The van der Waals surface area contributed by atoms with Crippen molar-refractivity contribution in [2.45, 2.75) is 62.7 Å². The van der Waals surface area contributed by atoms with Crippen LogP contribution in [0.3, 0.4) is 0 Å². The van der Waals surface area contributed by atoms with Crippen molar-refractivity contribution in [1.29, 1.82) is 0 Å². The van der Waals surface area contributed by atoms with E-state index >= 15 is 0 Å². The summed E-state index contributed by atoms with van der Waals surface area (Å²) in [4.78, 5) is 68.0. The number of carbonyl (C=O) groups excluding carboxylic acids is 5. The summed E-state index contributed by atoms with van der Waals surface area (Å²) in [6.07, 6.45) is 1.89. The Kier molecular flexibility index (Phi) is 10.5. The van der Waals surface area contributed by atoms with E-state index in [1.165, 1.54) is 17.0 Å². The Morgan fingerprint density at radius 1 is 0.913 bits per heavy atom. The Hall–Kier alpha value is -4.97. The van der Waals surface area contributed by atoms with E-state index in [-0.39, 0.29) is 38.1 Å². The number of carbonyl (C=O) groups is 5. The van der Waals surface area contributed by atoms with Crippen molar-refractivity contribution < 1.29 is 29.1 Å². The molecule has 5 amide bonds. The molecular weight excluding hydrogens is 588 g/mol. The molecule has 2 fully saturated rings. The van der Waals surface area contributed by atoms with E-state index in [1.807, 2.05) is 42.5 Å². The molecule has 2 saturated heterocycles. The maximum absolute atomic E-state index is 14.1. The first-order valence-electron chi connectivity index (χ1n) is 15.6. The second kappa shape index (κ2) is 14.9. The zero-order valence-corrected chi connectivity index (χ0v) is 25.5. The van der Waals surface area contributed by atoms with Crippen molar-refractivity contribution in [2.24, 2.45) is 5.73 Å². The number of nitrogens with two attached hydrogens (primary N) is 1. The highest BCUT2D eigenvalue weighted by atomic mass is 16.3. The smallest absolute Gasteiger partial charge is 0.246 e. The molecule has 0 aromatic heterocycles. The fourth-order valence-corrected chi connectivity index (χ4v) is 5.99. The minimum absolute atomic E-state index is 0.0918. The summed E-state index contributed by atoms with van der Waals surface area (Å²) >= 11 is 0. The third-order valence-electron chi connectivity index (χ3n) is 8.48. The summed E-state index contributed by atoms with van der Waals surface area (Å²) in [5.41, 5.74) is 7.76. The van der Waals surface area contributed by atoms with Crippen LogP contribution in [0.25, 0.3) is 10.8 Å². The van der Waals surface area contributed by atoms with Gasteiger partial charge in [0.15, 0.2) is 0 Å². The van der Waals surface area contributed by atoms with Gasteiger partial charge in [0.25, 0.3) is 0 Å². The SMILES string of the molecule is N[C@@H](Cc1ccc(O)cc1)C(=O)N[C@@H]1CCCNC(=O)CNC(=O)[C@H]2CCCN2C(=O)[C@H](Cc2ccc3ccccc3c2)NC1=O. The zero-order chi connectivity index (χ0) is 32.6. The highest BCUT2D eigenvalue weighted by Gasteiger charge is 2.38. The van der Waals surface area contributed by atoms with Crippen molar-refractivity contribution >= 4 is 40.3 Å². The van der Waals surface area contributed by atoms with Crippen molar-refractivity contribution in [3.63, 3.8) is 0 Å². The predicted molar refractivity (Wildman–Crippen MR) is 171 cm³/mol. The maximum Gasteiger partial charge on any atom is 0.246 e. The first kappa shape index (κ1) is 32.4. The molecule has 0 bridgehead atoms. The zero-order valence-electron chi connectivity index (χ0n) is 25.5. The number of rotatable bonds is 6. The number of phenols is 1. The molecule has 2 heterocycles. The minimum Gasteiger partial charge on any atom is -0.508 e. The summed E-state index contributed by atoms with van der Waals surface area (Å²) in [6.45, 7) is 0.309. The van der Waals surface area contributed by atoms with Crippen molar-refractivity contribution in [3.05, 3.63) is 77.9 Å². The standard InChI is InChI=1S/C34H40N6O6/c35-26(18-21-10-13-25(41)14-11-21)31(43)38-27-7-3-15-36-30(42)20-37-33(45)29-8-4-16-40(29)34(46)28(39-32(27)44)19-22-9-12-23-5-1-2-6-24(23)17-22/h1-2,5-6,9-14,17,26-29,41H,3-4,7-8,15-16,18-20,35H2,(H,36,42)(H,37,45)(H,38,43)(H,39,44)/t26-,27+,28-,29+/m0/s1. The number of aromatic hydroxyl groups is 1. The summed E-state index contributed by atoms with van der Waals surface area (Å²) in [7, 11) is 0. The number of hydrogen-bond acceptors (Lipinski definition) is 7. The lowest BCUT2D eigenvalue weighted by Crippen LogP contribution is -2.58. The molecule has 3 aromatic rings. The van der Waals surface area contributed by atoms with Gasteiger partial charge in [-0.3, -0.25) is 24.0 Å². The average molecular weight is 629 g/mol. The molecule has 0 saturated carbocycles. The highest BCUT2D eigenvalue weighted by Crippen LogP contribution is 2.22. The molecule has 0 radical (unpaired) electrons. The van der Waals surface area contributed by atoms with Crippen LogP contribution in [0.5, 0.6) is 5.75 Å². The number of amides is 5.